The Bertz CT molecular complexity index is 600. The molecule has 2 aromatic rings. The number of nitrogens with one attached hydrogen (secondary N) is 1. The maximum atomic E-state index is 12.3. The molecule has 0 fully saturated rings. The van der Waals surface area contributed by atoms with E-state index in [1.807, 2.05) is 44.2 Å². The summed E-state index contributed by atoms with van der Waals surface area (Å²) in [6.45, 7) is 5.71. The molecule has 4 heteroatoms. The van der Waals surface area contributed by atoms with E-state index in [2.05, 4.69) is 5.32 Å². The first kappa shape index (κ1) is 15.3. The maximum absolute atomic E-state index is 12.3. The monoisotopic (exact) mass is 287 g/mol. The molecule has 1 heterocycles. The van der Waals surface area contributed by atoms with Crippen LogP contribution in [0, 0.1) is 5.92 Å². The molecule has 0 saturated carbocycles. The quantitative estimate of drug-likeness (QED) is 0.888. The number of carbonyl (C=O) groups is 1. The Labute approximate surface area is 124 Å². The lowest BCUT2D eigenvalue weighted by atomic mass is 9.92. The molecule has 0 bridgehead atoms. The molecule has 1 atom stereocenters. The van der Waals surface area contributed by atoms with Gasteiger partial charge >= 0.3 is 0 Å². The van der Waals surface area contributed by atoms with Crippen molar-refractivity contribution >= 4 is 5.91 Å². The minimum atomic E-state index is -0.949. The van der Waals surface area contributed by atoms with Crippen LogP contribution in [0.15, 0.2) is 47.1 Å². The van der Waals surface area contributed by atoms with Crippen LogP contribution in [0.2, 0.25) is 0 Å². The molecule has 21 heavy (non-hydrogen) atoms. The van der Waals surface area contributed by atoms with Crippen LogP contribution in [0.3, 0.4) is 0 Å². The van der Waals surface area contributed by atoms with Gasteiger partial charge in [-0.1, -0.05) is 44.2 Å². The minimum absolute atomic E-state index is 0.0444. The highest BCUT2D eigenvalue weighted by atomic mass is 16.3. The highest BCUT2D eigenvalue weighted by Gasteiger charge is 2.26. The molecule has 4 nitrogen and oxygen atoms in total. The van der Waals surface area contributed by atoms with Gasteiger partial charge in [0.1, 0.15) is 0 Å². The predicted octanol–water partition coefficient (Wildman–Crippen LogP) is 3.08. The van der Waals surface area contributed by atoms with Gasteiger partial charge in [0.15, 0.2) is 5.76 Å². The fourth-order valence-corrected chi connectivity index (χ4v) is 1.87. The Morgan fingerprint density at radius 1 is 1.29 bits per heavy atom. The molecule has 2 rings (SSSR count). The number of aliphatic hydroxyl groups is 1. The van der Waals surface area contributed by atoms with E-state index in [0.717, 1.165) is 11.1 Å². The summed E-state index contributed by atoms with van der Waals surface area (Å²) in [6.07, 6.45) is 1.50. The normalized spacial score (nSPS) is 14.0. The van der Waals surface area contributed by atoms with E-state index >= 15 is 0 Å². The fraction of sp³-hybridized carbons (Fsp3) is 0.353. The van der Waals surface area contributed by atoms with E-state index in [1.165, 1.54) is 6.26 Å². The predicted molar refractivity (Wildman–Crippen MR) is 81.9 cm³/mol. The lowest BCUT2D eigenvalue weighted by molar-refractivity contribution is 0.0139. The number of carbonyl (C=O) groups excluding carboxylic acids is 1. The standard InChI is InChI=1S/C17H21NO3/c1-12(2)17(3,20)11-18-16(19)15-14(9-10-21-15)13-7-5-4-6-8-13/h4-10,12,20H,11H2,1-3H3,(H,18,19)/t17-/m0/s1. The van der Waals surface area contributed by atoms with Gasteiger partial charge in [-0.25, -0.2) is 0 Å². The summed E-state index contributed by atoms with van der Waals surface area (Å²) in [6, 6.07) is 11.4. The second-order valence-corrected chi connectivity index (χ2v) is 5.72. The number of amides is 1. The van der Waals surface area contributed by atoms with Crippen molar-refractivity contribution in [2.75, 3.05) is 6.54 Å². The summed E-state index contributed by atoms with van der Waals surface area (Å²) >= 11 is 0. The van der Waals surface area contributed by atoms with Gasteiger partial charge in [-0.15, -0.1) is 0 Å². The lowest BCUT2D eigenvalue weighted by Gasteiger charge is -2.27. The van der Waals surface area contributed by atoms with E-state index in [1.54, 1.807) is 13.0 Å². The van der Waals surface area contributed by atoms with E-state index in [9.17, 15) is 9.90 Å². The third-order valence-corrected chi connectivity index (χ3v) is 3.81. The van der Waals surface area contributed by atoms with Gasteiger partial charge in [0.25, 0.3) is 5.91 Å². The summed E-state index contributed by atoms with van der Waals surface area (Å²) in [7, 11) is 0. The minimum Gasteiger partial charge on any atom is -0.459 e. The van der Waals surface area contributed by atoms with E-state index in [-0.39, 0.29) is 24.1 Å². The van der Waals surface area contributed by atoms with Crippen LogP contribution in [-0.4, -0.2) is 23.2 Å². The van der Waals surface area contributed by atoms with Crippen LogP contribution in [0.4, 0.5) is 0 Å². The molecule has 1 aromatic carbocycles. The van der Waals surface area contributed by atoms with Crippen molar-refractivity contribution < 1.29 is 14.3 Å². The van der Waals surface area contributed by atoms with Crippen molar-refractivity contribution in [2.24, 2.45) is 5.92 Å². The lowest BCUT2D eigenvalue weighted by Crippen LogP contribution is -2.44. The zero-order chi connectivity index (χ0) is 15.5. The Morgan fingerprint density at radius 2 is 1.95 bits per heavy atom. The Balaban J connectivity index is 2.13. The molecule has 0 saturated heterocycles. The van der Waals surface area contributed by atoms with Crippen molar-refractivity contribution in [3.8, 4) is 11.1 Å². The van der Waals surface area contributed by atoms with Gasteiger partial charge < -0.3 is 14.8 Å². The van der Waals surface area contributed by atoms with Crippen LogP contribution < -0.4 is 5.32 Å². The Hall–Kier alpha value is -2.07. The molecule has 0 aliphatic carbocycles. The number of hydrogen-bond donors (Lipinski definition) is 2. The first-order valence-corrected chi connectivity index (χ1v) is 7.05. The first-order valence-electron chi connectivity index (χ1n) is 7.05. The number of hydrogen-bond acceptors (Lipinski definition) is 3. The summed E-state index contributed by atoms with van der Waals surface area (Å²) in [5, 5.41) is 12.9. The molecule has 0 spiro atoms. The Morgan fingerprint density at radius 3 is 2.57 bits per heavy atom. The largest absolute Gasteiger partial charge is 0.459 e. The van der Waals surface area contributed by atoms with Gasteiger partial charge in [0.05, 0.1) is 11.9 Å². The molecule has 0 aliphatic rings. The van der Waals surface area contributed by atoms with Crippen LogP contribution in [0.5, 0.6) is 0 Å². The van der Waals surface area contributed by atoms with Crippen LogP contribution in [-0.2, 0) is 0 Å². The van der Waals surface area contributed by atoms with Crippen molar-refractivity contribution in [1.82, 2.24) is 5.32 Å². The molecule has 0 unspecified atom stereocenters. The van der Waals surface area contributed by atoms with E-state index in [4.69, 9.17) is 4.42 Å². The third-order valence-electron chi connectivity index (χ3n) is 3.81. The zero-order valence-electron chi connectivity index (χ0n) is 12.6. The summed E-state index contributed by atoms with van der Waals surface area (Å²) < 4.78 is 5.31. The molecular weight excluding hydrogens is 266 g/mol. The second kappa shape index (κ2) is 6.14. The van der Waals surface area contributed by atoms with E-state index < -0.39 is 5.60 Å². The molecule has 2 N–H and O–H groups in total. The van der Waals surface area contributed by atoms with Crippen LogP contribution in [0.1, 0.15) is 31.3 Å². The molecule has 1 aromatic heterocycles. The molecule has 1 amide bonds. The fourth-order valence-electron chi connectivity index (χ4n) is 1.87. The van der Waals surface area contributed by atoms with Gasteiger partial charge in [-0.2, -0.15) is 0 Å². The molecule has 0 radical (unpaired) electrons. The van der Waals surface area contributed by atoms with E-state index in [0.29, 0.717) is 0 Å². The summed E-state index contributed by atoms with van der Waals surface area (Å²) in [4.78, 5) is 12.3. The van der Waals surface area contributed by atoms with Crippen LogP contribution in [0.25, 0.3) is 11.1 Å². The van der Waals surface area contributed by atoms with Gasteiger partial charge in [0.2, 0.25) is 0 Å². The van der Waals surface area contributed by atoms with Crippen molar-refractivity contribution in [3.63, 3.8) is 0 Å². The smallest absolute Gasteiger partial charge is 0.287 e. The van der Waals surface area contributed by atoms with Gasteiger partial charge in [-0.3, -0.25) is 4.79 Å². The topological polar surface area (TPSA) is 62.5 Å². The molecular formula is C17H21NO3. The highest BCUT2D eigenvalue weighted by molar-refractivity contribution is 5.98. The zero-order valence-corrected chi connectivity index (χ0v) is 12.6. The number of rotatable bonds is 5. The van der Waals surface area contributed by atoms with Crippen molar-refractivity contribution in [2.45, 2.75) is 26.4 Å². The average Bonchev–Trinajstić information content (AvgIpc) is 2.95. The Kier molecular flexibility index (Phi) is 4.48. The summed E-state index contributed by atoms with van der Waals surface area (Å²) in [5.41, 5.74) is 0.721. The maximum Gasteiger partial charge on any atom is 0.287 e. The third kappa shape index (κ3) is 3.52. The average molecular weight is 287 g/mol. The SMILES string of the molecule is CC(C)[C@@](C)(O)CNC(=O)c1occc1-c1ccccc1. The summed E-state index contributed by atoms with van der Waals surface area (Å²) in [5.74, 6) is -0.0106. The van der Waals surface area contributed by atoms with Gasteiger partial charge in [0, 0.05) is 12.1 Å². The molecule has 0 aliphatic heterocycles. The first-order chi connectivity index (χ1) is 9.92. The number of benzene rings is 1. The highest BCUT2D eigenvalue weighted by Crippen LogP contribution is 2.24. The molecule has 112 valence electrons. The van der Waals surface area contributed by atoms with Gasteiger partial charge in [-0.05, 0) is 24.5 Å². The second-order valence-electron chi connectivity index (χ2n) is 5.72. The van der Waals surface area contributed by atoms with Crippen molar-refractivity contribution in [1.29, 1.82) is 0 Å². The van der Waals surface area contributed by atoms with Crippen molar-refractivity contribution in [3.05, 3.63) is 48.4 Å². The van der Waals surface area contributed by atoms with Crippen LogP contribution >= 0.6 is 0 Å². The number of furan rings is 1.